The Bertz CT molecular complexity index is 745. The number of urea groups is 1. The SMILES string of the molecule is C[C@@H]1CC(C)(C)C[C@]2(C1)NC(=O)N(C[NH+]1CCc3ccccc3C1)C2=O. The van der Waals surface area contributed by atoms with Crippen LogP contribution in [-0.4, -0.2) is 35.6 Å². The minimum atomic E-state index is -0.689. The quantitative estimate of drug-likeness (QED) is 0.793. The summed E-state index contributed by atoms with van der Waals surface area (Å²) in [6.07, 6.45) is 3.61. The van der Waals surface area contributed by atoms with Crippen molar-refractivity contribution in [3.05, 3.63) is 35.4 Å². The number of carbonyl (C=O) groups excluding carboxylic acids is 2. The molecule has 3 amide bonds. The number of hydrogen-bond donors (Lipinski definition) is 2. The molecule has 1 unspecified atom stereocenters. The normalized spacial score (nSPS) is 33.3. The summed E-state index contributed by atoms with van der Waals surface area (Å²) < 4.78 is 0. The number of fused-ring (bicyclic) bond motifs is 1. The predicted molar refractivity (Wildman–Crippen MR) is 99.5 cm³/mol. The fraction of sp³-hybridized carbons (Fsp3) is 0.619. The van der Waals surface area contributed by atoms with Crippen molar-refractivity contribution in [2.24, 2.45) is 11.3 Å². The average molecular weight is 356 g/mol. The first-order chi connectivity index (χ1) is 12.3. The van der Waals surface area contributed by atoms with Gasteiger partial charge in [-0.3, -0.25) is 4.79 Å². The number of nitrogens with one attached hydrogen (secondary N) is 2. The zero-order chi connectivity index (χ0) is 18.5. The van der Waals surface area contributed by atoms with Gasteiger partial charge in [0.15, 0.2) is 6.67 Å². The standard InChI is InChI=1S/C21H29N3O2/c1-15-10-20(2,3)13-21(11-15)18(25)24(19(26)22-21)14-23-9-8-16-6-4-5-7-17(16)12-23/h4-7,15H,8-14H2,1-3H3,(H,22,26)/p+1/t15-,21+/m1/s1. The molecule has 5 nitrogen and oxygen atoms in total. The molecule has 0 radical (unpaired) electrons. The molecule has 0 bridgehead atoms. The molecule has 1 saturated heterocycles. The number of rotatable bonds is 2. The van der Waals surface area contributed by atoms with Crippen molar-refractivity contribution >= 4 is 11.9 Å². The van der Waals surface area contributed by atoms with Gasteiger partial charge in [0.25, 0.3) is 5.91 Å². The predicted octanol–water partition coefficient (Wildman–Crippen LogP) is 1.72. The summed E-state index contributed by atoms with van der Waals surface area (Å²) >= 11 is 0. The smallest absolute Gasteiger partial charge is 0.323 e. The highest BCUT2D eigenvalue weighted by Gasteiger charge is 2.56. The number of carbonyl (C=O) groups is 2. The zero-order valence-corrected chi connectivity index (χ0v) is 16.1. The molecule has 1 aromatic carbocycles. The summed E-state index contributed by atoms with van der Waals surface area (Å²) in [6.45, 7) is 8.91. The maximum atomic E-state index is 13.3. The Kier molecular flexibility index (Phi) is 4.10. The summed E-state index contributed by atoms with van der Waals surface area (Å²) in [5.74, 6) is 0.436. The van der Waals surface area contributed by atoms with Gasteiger partial charge in [0.05, 0.1) is 6.54 Å². The lowest BCUT2D eigenvalue weighted by atomic mass is 9.64. The van der Waals surface area contributed by atoms with Gasteiger partial charge < -0.3 is 10.2 Å². The van der Waals surface area contributed by atoms with Gasteiger partial charge in [0.1, 0.15) is 12.1 Å². The van der Waals surface area contributed by atoms with Crippen LogP contribution in [0.2, 0.25) is 0 Å². The van der Waals surface area contributed by atoms with E-state index in [0.717, 1.165) is 38.8 Å². The summed E-state index contributed by atoms with van der Waals surface area (Å²) in [5.41, 5.74) is 2.12. The Morgan fingerprint density at radius 2 is 1.92 bits per heavy atom. The van der Waals surface area contributed by atoms with E-state index in [9.17, 15) is 9.59 Å². The molecule has 2 heterocycles. The van der Waals surface area contributed by atoms with Crippen LogP contribution in [0.1, 0.15) is 51.2 Å². The van der Waals surface area contributed by atoms with Gasteiger partial charge in [-0.25, -0.2) is 9.69 Å². The second kappa shape index (κ2) is 6.08. The van der Waals surface area contributed by atoms with E-state index in [-0.39, 0.29) is 17.4 Å². The van der Waals surface area contributed by atoms with E-state index in [4.69, 9.17) is 0 Å². The van der Waals surface area contributed by atoms with Crippen molar-refractivity contribution in [3.63, 3.8) is 0 Å². The lowest BCUT2D eigenvalue weighted by molar-refractivity contribution is -0.923. The second-order valence-electron chi connectivity index (χ2n) is 9.45. The van der Waals surface area contributed by atoms with Gasteiger partial charge in [-0.15, -0.1) is 0 Å². The number of nitrogens with zero attached hydrogens (tertiary/aromatic N) is 1. The average Bonchev–Trinajstić information content (AvgIpc) is 2.76. The molecule has 0 aromatic heterocycles. The van der Waals surface area contributed by atoms with Crippen LogP contribution in [0.3, 0.4) is 0 Å². The van der Waals surface area contributed by atoms with Gasteiger partial charge in [0, 0.05) is 12.0 Å². The fourth-order valence-corrected chi connectivity index (χ4v) is 5.65. The molecule has 2 fully saturated rings. The molecule has 1 aliphatic carbocycles. The zero-order valence-electron chi connectivity index (χ0n) is 16.1. The van der Waals surface area contributed by atoms with E-state index >= 15 is 0 Å². The molecule has 2 N–H and O–H groups in total. The molecule has 4 rings (SSSR count). The van der Waals surface area contributed by atoms with Crippen LogP contribution in [0.15, 0.2) is 24.3 Å². The van der Waals surface area contributed by atoms with Gasteiger partial charge in [-0.2, -0.15) is 0 Å². The van der Waals surface area contributed by atoms with Crippen molar-refractivity contribution in [1.29, 1.82) is 0 Å². The minimum absolute atomic E-state index is 0.00603. The summed E-state index contributed by atoms with van der Waals surface area (Å²) in [4.78, 5) is 28.7. The Hall–Kier alpha value is -1.88. The van der Waals surface area contributed by atoms with E-state index in [1.807, 2.05) is 0 Å². The molecule has 5 heteroatoms. The Morgan fingerprint density at radius 1 is 1.19 bits per heavy atom. The summed E-state index contributed by atoms with van der Waals surface area (Å²) in [7, 11) is 0. The Labute approximate surface area is 155 Å². The monoisotopic (exact) mass is 356 g/mol. The maximum absolute atomic E-state index is 13.3. The van der Waals surface area contributed by atoms with Crippen LogP contribution in [0.4, 0.5) is 4.79 Å². The second-order valence-corrected chi connectivity index (χ2v) is 9.45. The highest BCUT2D eigenvalue weighted by Crippen LogP contribution is 2.46. The molecule has 1 spiro atoms. The van der Waals surface area contributed by atoms with Gasteiger partial charge in [-0.1, -0.05) is 45.0 Å². The van der Waals surface area contributed by atoms with E-state index in [2.05, 4.69) is 50.4 Å². The molecule has 1 saturated carbocycles. The Balaban J connectivity index is 1.50. The van der Waals surface area contributed by atoms with Crippen molar-refractivity contribution in [3.8, 4) is 0 Å². The molecular formula is C21H30N3O2+. The lowest BCUT2D eigenvalue weighted by Crippen LogP contribution is -3.13. The lowest BCUT2D eigenvalue weighted by Gasteiger charge is -2.43. The van der Waals surface area contributed by atoms with Crippen LogP contribution in [0, 0.1) is 11.3 Å². The molecule has 26 heavy (non-hydrogen) atoms. The van der Waals surface area contributed by atoms with Crippen LogP contribution < -0.4 is 10.2 Å². The molecule has 3 aliphatic rings. The molecule has 2 aliphatic heterocycles. The van der Waals surface area contributed by atoms with E-state index in [1.165, 1.54) is 20.9 Å². The van der Waals surface area contributed by atoms with Gasteiger partial charge in [-0.05, 0) is 36.2 Å². The third kappa shape index (κ3) is 3.02. The molecule has 140 valence electrons. The highest BCUT2D eigenvalue weighted by atomic mass is 16.2. The van der Waals surface area contributed by atoms with E-state index in [0.29, 0.717) is 12.6 Å². The molecule has 3 atom stereocenters. The summed E-state index contributed by atoms with van der Waals surface area (Å²) in [6, 6.07) is 8.28. The topological polar surface area (TPSA) is 53.9 Å². The van der Waals surface area contributed by atoms with Crippen molar-refractivity contribution in [2.75, 3.05) is 13.2 Å². The maximum Gasteiger partial charge on any atom is 0.329 e. The number of benzene rings is 1. The Morgan fingerprint density at radius 3 is 2.65 bits per heavy atom. The van der Waals surface area contributed by atoms with Crippen LogP contribution in [0.25, 0.3) is 0 Å². The third-order valence-electron chi connectivity index (χ3n) is 6.31. The van der Waals surface area contributed by atoms with Gasteiger partial charge in [0.2, 0.25) is 0 Å². The van der Waals surface area contributed by atoms with Crippen LogP contribution >= 0.6 is 0 Å². The first-order valence-electron chi connectivity index (χ1n) is 9.82. The van der Waals surface area contributed by atoms with E-state index in [1.54, 1.807) is 0 Å². The molecular weight excluding hydrogens is 326 g/mol. The number of quaternary nitrogens is 1. The van der Waals surface area contributed by atoms with Gasteiger partial charge >= 0.3 is 6.03 Å². The van der Waals surface area contributed by atoms with Crippen molar-refractivity contribution in [1.82, 2.24) is 10.2 Å². The number of imide groups is 1. The van der Waals surface area contributed by atoms with Crippen LogP contribution in [0.5, 0.6) is 0 Å². The largest absolute Gasteiger partial charge is 0.329 e. The van der Waals surface area contributed by atoms with E-state index < -0.39 is 5.54 Å². The first-order valence-corrected chi connectivity index (χ1v) is 9.82. The fourth-order valence-electron chi connectivity index (χ4n) is 5.65. The number of amides is 3. The van der Waals surface area contributed by atoms with Crippen LogP contribution in [-0.2, 0) is 17.8 Å². The minimum Gasteiger partial charge on any atom is -0.323 e. The summed E-state index contributed by atoms with van der Waals surface area (Å²) in [5, 5.41) is 3.09. The first kappa shape index (κ1) is 17.5. The molecule has 1 aromatic rings. The third-order valence-corrected chi connectivity index (χ3v) is 6.31. The van der Waals surface area contributed by atoms with Crippen molar-refractivity contribution < 1.29 is 14.5 Å². The highest BCUT2D eigenvalue weighted by molar-refractivity contribution is 6.07. The number of hydrogen-bond acceptors (Lipinski definition) is 2. The van der Waals surface area contributed by atoms with Crippen molar-refractivity contribution in [2.45, 2.75) is 58.5 Å².